The fourth-order valence-electron chi connectivity index (χ4n) is 4.60. The summed E-state index contributed by atoms with van der Waals surface area (Å²) in [6.45, 7) is 4.28. The molecule has 1 saturated carbocycles. The minimum absolute atomic E-state index is 0.0756. The third-order valence-corrected chi connectivity index (χ3v) is 6.68. The van der Waals surface area contributed by atoms with E-state index in [1.54, 1.807) is 13.1 Å². The Morgan fingerprint density at radius 2 is 1.92 bits per heavy atom. The van der Waals surface area contributed by atoms with Gasteiger partial charge in [-0.2, -0.15) is 23.5 Å². The first-order valence-corrected chi connectivity index (χ1v) is 11.8. The normalized spacial score (nSPS) is 20.2. The molecule has 4 rings (SSSR count). The number of halogens is 3. The standard InChI is InChI=1S/C26H26F3N5O2/c1-3-36-20-8-10-25(16-30,11-9-20)23-6-4-18(13-31-23)12-22(35)21-15-33-34(17(21)2)24-7-5-19(14-32-24)26(27,28)29/h4-7,13-15,20H,3,8-12H2,1-2H3. The molecule has 3 aromatic rings. The van der Waals surface area contributed by atoms with E-state index >= 15 is 0 Å². The predicted octanol–water partition coefficient (Wildman–Crippen LogP) is 5.16. The van der Waals surface area contributed by atoms with Crippen molar-refractivity contribution in [3.8, 4) is 11.9 Å². The number of Topliss-reactive ketones (excluding diaryl/α,β-unsaturated/α-hetero) is 1. The molecule has 188 valence electrons. The number of ether oxygens (including phenoxy) is 1. The summed E-state index contributed by atoms with van der Waals surface area (Å²) in [5.41, 5.74) is 0.717. The van der Waals surface area contributed by atoms with Crippen LogP contribution in [0.4, 0.5) is 13.2 Å². The topological polar surface area (TPSA) is 93.7 Å². The average molecular weight is 498 g/mol. The third kappa shape index (κ3) is 5.16. The lowest BCUT2D eigenvalue weighted by molar-refractivity contribution is -0.137. The zero-order valence-corrected chi connectivity index (χ0v) is 20.0. The summed E-state index contributed by atoms with van der Waals surface area (Å²) in [4.78, 5) is 21.3. The van der Waals surface area contributed by atoms with E-state index in [0.29, 0.717) is 42.0 Å². The molecular weight excluding hydrogens is 471 g/mol. The minimum Gasteiger partial charge on any atom is -0.379 e. The summed E-state index contributed by atoms with van der Waals surface area (Å²) in [7, 11) is 0. The quantitative estimate of drug-likeness (QED) is 0.419. The van der Waals surface area contributed by atoms with Crippen LogP contribution in [0.5, 0.6) is 0 Å². The van der Waals surface area contributed by atoms with Crippen LogP contribution >= 0.6 is 0 Å². The summed E-state index contributed by atoms with van der Waals surface area (Å²) in [5.74, 6) is -0.0149. The molecule has 0 N–H and O–H groups in total. The number of nitriles is 1. The number of carbonyl (C=O) groups is 1. The highest BCUT2D eigenvalue weighted by Gasteiger charge is 2.38. The van der Waals surface area contributed by atoms with Gasteiger partial charge in [-0.15, -0.1) is 0 Å². The fraction of sp³-hybridized carbons (Fsp3) is 0.423. The molecular formula is C26H26F3N5O2. The number of nitrogens with zero attached hydrogens (tertiary/aromatic N) is 5. The number of hydrogen-bond acceptors (Lipinski definition) is 6. The van der Waals surface area contributed by atoms with Crippen LogP contribution in [0.1, 0.15) is 65.5 Å². The smallest absolute Gasteiger partial charge is 0.379 e. The van der Waals surface area contributed by atoms with Crippen LogP contribution < -0.4 is 0 Å². The minimum atomic E-state index is -4.48. The second-order valence-electron chi connectivity index (χ2n) is 8.96. The number of carbonyl (C=O) groups excluding carboxylic acids is 1. The number of rotatable bonds is 7. The van der Waals surface area contributed by atoms with Crippen molar-refractivity contribution in [1.29, 1.82) is 5.26 Å². The van der Waals surface area contributed by atoms with E-state index in [1.165, 1.54) is 16.9 Å². The van der Waals surface area contributed by atoms with Crippen LogP contribution in [0, 0.1) is 18.3 Å². The van der Waals surface area contributed by atoms with E-state index in [1.807, 2.05) is 19.1 Å². The van der Waals surface area contributed by atoms with Gasteiger partial charge >= 0.3 is 6.18 Å². The van der Waals surface area contributed by atoms with E-state index in [9.17, 15) is 23.2 Å². The van der Waals surface area contributed by atoms with Gasteiger partial charge in [0.2, 0.25) is 0 Å². The Hall–Kier alpha value is -3.58. The zero-order chi connectivity index (χ0) is 25.9. The summed E-state index contributed by atoms with van der Waals surface area (Å²) in [6.07, 6.45) is 2.49. The Bertz CT molecular complexity index is 1250. The van der Waals surface area contributed by atoms with E-state index in [4.69, 9.17) is 4.74 Å². The SMILES string of the molecule is CCOC1CCC(C#N)(c2ccc(CC(=O)c3cnn(-c4ccc(C(F)(F)F)cn4)c3C)cn2)CC1. The molecule has 0 spiro atoms. The molecule has 0 aromatic carbocycles. The van der Waals surface area contributed by atoms with E-state index in [2.05, 4.69) is 21.1 Å². The molecule has 0 atom stereocenters. The Labute approximate surface area is 206 Å². The molecule has 1 aliphatic carbocycles. The van der Waals surface area contributed by atoms with Crippen molar-refractivity contribution in [3.05, 3.63) is 70.9 Å². The molecule has 3 aromatic heterocycles. The van der Waals surface area contributed by atoms with Gasteiger partial charge in [0.1, 0.15) is 0 Å². The van der Waals surface area contributed by atoms with Gasteiger partial charge in [-0.25, -0.2) is 9.67 Å². The third-order valence-electron chi connectivity index (χ3n) is 6.68. The number of aromatic nitrogens is 4. The number of pyridine rings is 2. The molecule has 0 unspecified atom stereocenters. The maximum absolute atomic E-state index is 13.0. The second kappa shape index (κ2) is 10.2. The van der Waals surface area contributed by atoms with Crippen LogP contribution in [0.2, 0.25) is 0 Å². The molecule has 0 saturated heterocycles. The van der Waals surface area contributed by atoms with Gasteiger partial charge in [0, 0.05) is 25.4 Å². The van der Waals surface area contributed by atoms with Crippen molar-refractivity contribution in [2.75, 3.05) is 6.61 Å². The zero-order valence-electron chi connectivity index (χ0n) is 20.0. The number of alkyl halides is 3. The van der Waals surface area contributed by atoms with E-state index in [-0.39, 0.29) is 24.1 Å². The maximum atomic E-state index is 13.0. The maximum Gasteiger partial charge on any atom is 0.417 e. The largest absolute Gasteiger partial charge is 0.417 e. The predicted molar refractivity (Wildman–Crippen MR) is 125 cm³/mol. The second-order valence-corrected chi connectivity index (χ2v) is 8.96. The van der Waals surface area contributed by atoms with Gasteiger partial charge in [0.05, 0.1) is 46.3 Å². The summed E-state index contributed by atoms with van der Waals surface area (Å²) >= 11 is 0. The van der Waals surface area contributed by atoms with Crippen LogP contribution in [0.25, 0.3) is 5.82 Å². The molecule has 3 heterocycles. The molecule has 36 heavy (non-hydrogen) atoms. The van der Waals surface area contributed by atoms with Gasteiger partial charge in [-0.3, -0.25) is 9.78 Å². The van der Waals surface area contributed by atoms with Crippen molar-refractivity contribution in [2.45, 2.75) is 63.6 Å². The highest BCUT2D eigenvalue weighted by Crippen LogP contribution is 2.39. The van der Waals surface area contributed by atoms with Crippen molar-refractivity contribution in [1.82, 2.24) is 19.7 Å². The van der Waals surface area contributed by atoms with Crippen molar-refractivity contribution >= 4 is 5.78 Å². The molecule has 0 bridgehead atoms. The van der Waals surface area contributed by atoms with E-state index in [0.717, 1.165) is 25.1 Å². The summed E-state index contributed by atoms with van der Waals surface area (Å²) in [6, 6.07) is 8.22. The van der Waals surface area contributed by atoms with Gasteiger partial charge in [0.25, 0.3) is 0 Å². The lowest BCUT2D eigenvalue weighted by atomic mass is 9.71. The Balaban J connectivity index is 1.45. The van der Waals surface area contributed by atoms with Crippen LogP contribution in [-0.2, 0) is 22.7 Å². The molecule has 7 nitrogen and oxygen atoms in total. The Kier molecular flexibility index (Phi) is 7.22. The highest BCUT2D eigenvalue weighted by atomic mass is 19.4. The first kappa shape index (κ1) is 25.5. The molecule has 10 heteroatoms. The molecule has 0 radical (unpaired) electrons. The highest BCUT2D eigenvalue weighted by molar-refractivity contribution is 5.98. The van der Waals surface area contributed by atoms with Crippen molar-refractivity contribution in [3.63, 3.8) is 0 Å². The molecule has 0 amide bonds. The van der Waals surface area contributed by atoms with Crippen LogP contribution in [-0.4, -0.2) is 38.2 Å². The lowest BCUT2D eigenvalue weighted by Gasteiger charge is -2.34. The van der Waals surface area contributed by atoms with Gasteiger partial charge < -0.3 is 4.74 Å². The summed E-state index contributed by atoms with van der Waals surface area (Å²) in [5, 5.41) is 14.0. The van der Waals surface area contributed by atoms with Gasteiger partial charge in [-0.1, -0.05) is 6.07 Å². The van der Waals surface area contributed by atoms with Gasteiger partial charge in [0.15, 0.2) is 11.6 Å². The molecule has 1 fully saturated rings. The number of hydrogen-bond donors (Lipinski definition) is 0. The van der Waals surface area contributed by atoms with Crippen LogP contribution in [0.15, 0.2) is 42.9 Å². The van der Waals surface area contributed by atoms with Crippen LogP contribution in [0.3, 0.4) is 0 Å². The Morgan fingerprint density at radius 3 is 2.47 bits per heavy atom. The molecule has 0 aliphatic heterocycles. The van der Waals surface area contributed by atoms with Crippen molar-refractivity contribution < 1.29 is 22.7 Å². The first-order chi connectivity index (χ1) is 17.2. The first-order valence-electron chi connectivity index (χ1n) is 11.8. The van der Waals surface area contributed by atoms with E-state index < -0.39 is 17.2 Å². The Morgan fingerprint density at radius 1 is 1.17 bits per heavy atom. The summed E-state index contributed by atoms with van der Waals surface area (Å²) < 4.78 is 45.4. The molecule has 1 aliphatic rings. The lowest BCUT2D eigenvalue weighted by Crippen LogP contribution is -2.34. The van der Waals surface area contributed by atoms with Crippen molar-refractivity contribution in [2.24, 2.45) is 0 Å². The average Bonchev–Trinajstić information content (AvgIpc) is 3.26. The number of ketones is 1. The monoisotopic (exact) mass is 497 g/mol. The fourth-order valence-corrected chi connectivity index (χ4v) is 4.60. The van der Waals surface area contributed by atoms with Gasteiger partial charge in [-0.05, 0) is 63.3 Å².